The lowest BCUT2D eigenvalue weighted by atomic mass is 9.99. The van der Waals surface area contributed by atoms with Crippen LogP contribution in [0.2, 0.25) is 0 Å². The standard InChI is InChI=1S/C22H22N2O4/c1-13-8-9-14(2)17(12-13)19(25)10-11-20(26)28-15(3)21-23-18-7-5-4-6-16(18)22(27)24-21/h4-9,12,15H,10-11H2,1-3H3,(H,23,24,27)/t15-/m1/s1. The third-order valence-electron chi connectivity index (χ3n) is 4.57. The Balaban J connectivity index is 1.64. The van der Waals surface area contributed by atoms with Crippen LogP contribution in [0.3, 0.4) is 0 Å². The van der Waals surface area contributed by atoms with Gasteiger partial charge in [0.15, 0.2) is 17.7 Å². The molecule has 28 heavy (non-hydrogen) atoms. The number of hydrogen-bond acceptors (Lipinski definition) is 5. The molecule has 3 rings (SSSR count). The van der Waals surface area contributed by atoms with E-state index in [2.05, 4.69) is 9.97 Å². The topological polar surface area (TPSA) is 89.1 Å². The van der Waals surface area contributed by atoms with Crippen molar-refractivity contribution in [2.75, 3.05) is 0 Å². The quantitative estimate of drug-likeness (QED) is 0.520. The van der Waals surface area contributed by atoms with Gasteiger partial charge in [-0.25, -0.2) is 4.98 Å². The van der Waals surface area contributed by atoms with Crippen LogP contribution in [0.4, 0.5) is 0 Å². The van der Waals surface area contributed by atoms with Gasteiger partial charge in [-0.05, 0) is 44.5 Å². The molecule has 144 valence electrons. The number of aromatic nitrogens is 2. The minimum atomic E-state index is -0.722. The van der Waals surface area contributed by atoms with Crippen LogP contribution in [0.25, 0.3) is 10.9 Å². The van der Waals surface area contributed by atoms with Gasteiger partial charge in [-0.2, -0.15) is 0 Å². The molecule has 2 aromatic carbocycles. The van der Waals surface area contributed by atoms with Crippen LogP contribution in [-0.4, -0.2) is 21.7 Å². The number of H-pyrrole nitrogens is 1. The Morgan fingerprint density at radius 3 is 2.64 bits per heavy atom. The van der Waals surface area contributed by atoms with E-state index in [9.17, 15) is 14.4 Å². The molecule has 0 aliphatic heterocycles. The smallest absolute Gasteiger partial charge is 0.306 e. The number of rotatable bonds is 6. The number of esters is 1. The van der Waals surface area contributed by atoms with Crippen molar-refractivity contribution in [3.8, 4) is 0 Å². The molecular weight excluding hydrogens is 356 g/mol. The molecule has 6 nitrogen and oxygen atoms in total. The fourth-order valence-corrected chi connectivity index (χ4v) is 3.00. The summed E-state index contributed by atoms with van der Waals surface area (Å²) < 4.78 is 5.36. The van der Waals surface area contributed by atoms with Crippen molar-refractivity contribution in [1.29, 1.82) is 0 Å². The van der Waals surface area contributed by atoms with Crippen LogP contribution in [0.5, 0.6) is 0 Å². The number of carbonyl (C=O) groups is 2. The highest BCUT2D eigenvalue weighted by Crippen LogP contribution is 2.17. The SMILES string of the molecule is Cc1ccc(C)c(C(=O)CCC(=O)O[C@H](C)c2nc3ccccc3c(=O)[nH]2)c1. The third kappa shape index (κ3) is 4.34. The van der Waals surface area contributed by atoms with Gasteiger partial charge in [0, 0.05) is 12.0 Å². The first kappa shape index (κ1) is 19.5. The largest absolute Gasteiger partial charge is 0.454 e. The second kappa shape index (κ2) is 8.17. The fraction of sp³-hybridized carbons (Fsp3) is 0.273. The molecule has 0 radical (unpaired) electrons. The number of para-hydroxylation sites is 1. The molecule has 0 unspecified atom stereocenters. The Bertz CT molecular complexity index is 1100. The Hall–Kier alpha value is -3.28. The molecule has 1 atom stereocenters. The summed E-state index contributed by atoms with van der Waals surface area (Å²) in [7, 11) is 0. The molecule has 0 aliphatic carbocycles. The lowest BCUT2D eigenvalue weighted by molar-refractivity contribution is -0.148. The van der Waals surface area contributed by atoms with E-state index in [0.29, 0.717) is 16.5 Å². The highest BCUT2D eigenvalue weighted by molar-refractivity contribution is 5.98. The summed E-state index contributed by atoms with van der Waals surface area (Å²) in [6, 6.07) is 12.6. The number of hydrogen-bond donors (Lipinski definition) is 1. The summed E-state index contributed by atoms with van der Waals surface area (Å²) in [6.45, 7) is 5.43. The van der Waals surface area contributed by atoms with E-state index in [-0.39, 0.29) is 30.0 Å². The van der Waals surface area contributed by atoms with Crippen molar-refractivity contribution < 1.29 is 14.3 Å². The normalized spacial score (nSPS) is 12.0. The predicted molar refractivity (Wildman–Crippen MR) is 106 cm³/mol. The van der Waals surface area contributed by atoms with Crippen LogP contribution in [-0.2, 0) is 9.53 Å². The van der Waals surface area contributed by atoms with Crippen molar-refractivity contribution in [3.05, 3.63) is 75.3 Å². The van der Waals surface area contributed by atoms with E-state index >= 15 is 0 Å². The fourth-order valence-electron chi connectivity index (χ4n) is 3.00. The average Bonchev–Trinajstić information content (AvgIpc) is 2.68. The number of ether oxygens (including phenoxy) is 1. The number of ketones is 1. The monoisotopic (exact) mass is 378 g/mol. The molecular formula is C22H22N2O4. The second-order valence-corrected chi connectivity index (χ2v) is 6.84. The van der Waals surface area contributed by atoms with Crippen LogP contribution >= 0.6 is 0 Å². The summed E-state index contributed by atoms with van der Waals surface area (Å²) in [6.07, 6.45) is -0.688. The molecule has 1 heterocycles. The Morgan fingerprint density at radius 2 is 1.86 bits per heavy atom. The van der Waals surface area contributed by atoms with E-state index in [1.807, 2.05) is 32.0 Å². The molecule has 0 aliphatic rings. The van der Waals surface area contributed by atoms with Gasteiger partial charge in [0.2, 0.25) is 0 Å². The maximum atomic E-state index is 12.4. The molecule has 0 amide bonds. The number of nitrogens with zero attached hydrogens (tertiary/aromatic N) is 1. The molecule has 0 spiro atoms. The number of benzene rings is 2. The summed E-state index contributed by atoms with van der Waals surface area (Å²) in [5, 5.41) is 0.476. The number of aromatic amines is 1. The molecule has 3 aromatic rings. The zero-order valence-corrected chi connectivity index (χ0v) is 16.1. The van der Waals surface area contributed by atoms with Crippen molar-refractivity contribution in [1.82, 2.24) is 9.97 Å². The van der Waals surface area contributed by atoms with Crippen molar-refractivity contribution in [3.63, 3.8) is 0 Å². The van der Waals surface area contributed by atoms with Gasteiger partial charge in [-0.3, -0.25) is 14.4 Å². The van der Waals surface area contributed by atoms with E-state index in [1.165, 1.54) is 0 Å². The highest BCUT2D eigenvalue weighted by Gasteiger charge is 2.17. The lowest BCUT2D eigenvalue weighted by Crippen LogP contribution is -2.18. The van der Waals surface area contributed by atoms with Crippen LogP contribution in [0.1, 0.15) is 53.2 Å². The highest BCUT2D eigenvalue weighted by atomic mass is 16.5. The van der Waals surface area contributed by atoms with Gasteiger partial charge < -0.3 is 9.72 Å². The molecule has 0 fully saturated rings. The summed E-state index contributed by atoms with van der Waals surface area (Å²) in [4.78, 5) is 43.7. The number of carbonyl (C=O) groups excluding carboxylic acids is 2. The van der Waals surface area contributed by atoms with Gasteiger partial charge in [0.1, 0.15) is 0 Å². The summed E-state index contributed by atoms with van der Waals surface area (Å²) in [5.74, 6) is -0.331. The summed E-state index contributed by atoms with van der Waals surface area (Å²) >= 11 is 0. The molecule has 1 aromatic heterocycles. The Morgan fingerprint density at radius 1 is 1.11 bits per heavy atom. The predicted octanol–water partition coefficient (Wildman–Crippen LogP) is 3.81. The van der Waals surface area contributed by atoms with E-state index in [0.717, 1.165) is 11.1 Å². The number of aryl methyl sites for hydroxylation is 2. The van der Waals surface area contributed by atoms with E-state index < -0.39 is 12.1 Å². The summed E-state index contributed by atoms with van der Waals surface area (Å²) in [5.41, 5.74) is 2.76. The average molecular weight is 378 g/mol. The van der Waals surface area contributed by atoms with Gasteiger partial charge in [-0.1, -0.05) is 29.8 Å². The Labute approximate surface area is 162 Å². The first-order valence-corrected chi connectivity index (χ1v) is 9.14. The molecule has 1 N–H and O–H groups in total. The van der Waals surface area contributed by atoms with Crippen LogP contribution in [0.15, 0.2) is 47.3 Å². The third-order valence-corrected chi connectivity index (χ3v) is 4.57. The maximum absolute atomic E-state index is 12.4. The van der Waals surface area contributed by atoms with Gasteiger partial charge in [0.25, 0.3) is 5.56 Å². The second-order valence-electron chi connectivity index (χ2n) is 6.84. The maximum Gasteiger partial charge on any atom is 0.306 e. The van der Waals surface area contributed by atoms with E-state index in [4.69, 9.17) is 4.74 Å². The zero-order chi connectivity index (χ0) is 20.3. The first-order chi connectivity index (χ1) is 13.3. The lowest BCUT2D eigenvalue weighted by Gasteiger charge is -2.13. The molecule has 0 bridgehead atoms. The molecule has 0 saturated carbocycles. The van der Waals surface area contributed by atoms with Gasteiger partial charge >= 0.3 is 5.97 Å². The minimum absolute atomic E-state index is 0.0334. The number of fused-ring (bicyclic) bond motifs is 1. The molecule has 6 heteroatoms. The van der Waals surface area contributed by atoms with Crippen LogP contribution in [0, 0.1) is 13.8 Å². The number of nitrogens with one attached hydrogen (secondary N) is 1. The van der Waals surface area contributed by atoms with Crippen molar-refractivity contribution in [2.24, 2.45) is 0 Å². The molecule has 0 saturated heterocycles. The number of Topliss-reactive ketones (excluding diaryl/α,β-unsaturated/α-hetero) is 1. The van der Waals surface area contributed by atoms with Crippen LogP contribution < -0.4 is 5.56 Å². The van der Waals surface area contributed by atoms with E-state index in [1.54, 1.807) is 31.2 Å². The first-order valence-electron chi connectivity index (χ1n) is 9.14. The zero-order valence-electron chi connectivity index (χ0n) is 16.1. The van der Waals surface area contributed by atoms with Crippen molar-refractivity contribution >= 4 is 22.7 Å². The van der Waals surface area contributed by atoms with Crippen molar-refractivity contribution in [2.45, 2.75) is 39.7 Å². The van der Waals surface area contributed by atoms with Gasteiger partial charge in [0.05, 0.1) is 17.3 Å². The van der Waals surface area contributed by atoms with Gasteiger partial charge in [-0.15, -0.1) is 0 Å². The Kier molecular flexibility index (Phi) is 5.68. The minimum Gasteiger partial charge on any atom is -0.454 e.